The van der Waals surface area contributed by atoms with Crippen molar-refractivity contribution in [3.05, 3.63) is 24.3 Å². The molecule has 0 aliphatic heterocycles. The molecule has 2 saturated carbocycles. The first-order valence-corrected chi connectivity index (χ1v) is 9.72. The van der Waals surface area contributed by atoms with Crippen molar-refractivity contribution in [2.24, 2.45) is 0 Å². The molecule has 2 aliphatic carbocycles. The molecule has 1 amide bonds. The zero-order valence-corrected chi connectivity index (χ0v) is 15.5. The van der Waals surface area contributed by atoms with Crippen LogP contribution in [0.4, 0.5) is 4.79 Å². The van der Waals surface area contributed by atoms with Gasteiger partial charge in [-0.15, -0.1) is 10.2 Å². The minimum atomic E-state index is -0.292. The first kappa shape index (κ1) is 15.4. The van der Waals surface area contributed by atoms with E-state index >= 15 is 0 Å². The number of hydrogen-bond acceptors (Lipinski definition) is 5. The number of aromatic amines is 1. The smallest absolute Gasteiger partial charge is 0.407 e. The molecule has 3 aromatic rings. The van der Waals surface area contributed by atoms with E-state index in [2.05, 4.69) is 52.5 Å². The van der Waals surface area contributed by atoms with Gasteiger partial charge in [0.25, 0.3) is 0 Å². The molecule has 130 valence electrons. The van der Waals surface area contributed by atoms with Gasteiger partial charge in [0, 0.05) is 22.1 Å². The van der Waals surface area contributed by atoms with Crippen LogP contribution in [0.2, 0.25) is 0 Å². The van der Waals surface area contributed by atoms with E-state index in [1.54, 1.807) is 6.20 Å². The number of nitrogens with zero attached hydrogens (tertiary/aromatic N) is 4. The molecule has 2 aliphatic rings. The molecular formula is C16H17IN6O2. The molecule has 3 heterocycles. The zero-order valence-electron chi connectivity index (χ0n) is 13.4. The van der Waals surface area contributed by atoms with Crippen molar-refractivity contribution >= 4 is 45.5 Å². The minimum Gasteiger partial charge on any atom is -0.446 e. The first-order valence-electron chi connectivity index (χ1n) is 8.47. The van der Waals surface area contributed by atoms with Crippen molar-refractivity contribution in [3.63, 3.8) is 0 Å². The maximum absolute atomic E-state index is 11.9. The van der Waals surface area contributed by atoms with Crippen LogP contribution in [0.5, 0.6) is 0 Å². The Morgan fingerprint density at radius 2 is 2.24 bits per heavy atom. The van der Waals surface area contributed by atoms with Crippen molar-refractivity contribution in [1.82, 2.24) is 29.9 Å². The van der Waals surface area contributed by atoms with Gasteiger partial charge in [-0.3, -0.25) is 4.40 Å². The lowest BCUT2D eigenvalue weighted by Gasteiger charge is -2.13. The number of rotatable bonds is 3. The van der Waals surface area contributed by atoms with Gasteiger partial charge < -0.3 is 15.0 Å². The molecule has 25 heavy (non-hydrogen) atoms. The normalized spacial score (nSPS) is 26.4. The summed E-state index contributed by atoms with van der Waals surface area (Å²) in [6.07, 6.45) is 6.93. The number of H-pyrrole nitrogens is 1. The van der Waals surface area contributed by atoms with Crippen LogP contribution in [-0.2, 0) is 4.74 Å². The fraction of sp³-hybridized carbons (Fsp3) is 0.500. The van der Waals surface area contributed by atoms with E-state index < -0.39 is 0 Å². The minimum absolute atomic E-state index is 0.0819. The van der Waals surface area contributed by atoms with Crippen molar-refractivity contribution in [2.45, 2.75) is 47.7 Å². The summed E-state index contributed by atoms with van der Waals surface area (Å²) in [7, 11) is 0. The van der Waals surface area contributed by atoms with Gasteiger partial charge in [-0.2, -0.15) is 0 Å². The van der Waals surface area contributed by atoms with E-state index in [0.29, 0.717) is 9.97 Å². The molecule has 9 heteroatoms. The highest BCUT2D eigenvalue weighted by atomic mass is 127. The summed E-state index contributed by atoms with van der Waals surface area (Å²) >= 11 is 2.43. The molecule has 0 radical (unpaired) electrons. The maximum atomic E-state index is 11.9. The third kappa shape index (κ3) is 2.74. The van der Waals surface area contributed by atoms with Gasteiger partial charge >= 0.3 is 6.09 Å². The Morgan fingerprint density at radius 3 is 3.08 bits per heavy atom. The second kappa shape index (κ2) is 5.82. The highest BCUT2D eigenvalue weighted by Gasteiger charge is 2.39. The van der Waals surface area contributed by atoms with Crippen LogP contribution in [0.25, 0.3) is 16.8 Å². The number of carbonyl (C=O) groups is 1. The summed E-state index contributed by atoms with van der Waals surface area (Å²) in [6.45, 7) is 0. The highest BCUT2D eigenvalue weighted by Crippen LogP contribution is 2.41. The zero-order chi connectivity index (χ0) is 17.0. The number of nitrogens with one attached hydrogen (secondary N) is 2. The molecule has 8 nitrogen and oxygen atoms in total. The Hall–Kier alpha value is -1.91. The van der Waals surface area contributed by atoms with Crippen LogP contribution in [0.15, 0.2) is 18.5 Å². The fourth-order valence-electron chi connectivity index (χ4n) is 3.52. The van der Waals surface area contributed by atoms with Gasteiger partial charge in [-0.1, -0.05) is 22.6 Å². The second-order valence-electron chi connectivity index (χ2n) is 6.76. The lowest BCUT2D eigenvalue weighted by Crippen LogP contribution is -2.29. The predicted molar refractivity (Wildman–Crippen MR) is 98.8 cm³/mol. The topological polar surface area (TPSA) is 97.2 Å². The lowest BCUT2D eigenvalue weighted by molar-refractivity contribution is 0.0999. The van der Waals surface area contributed by atoms with Crippen LogP contribution in [0, 0.1) is 0 Å². The summed E-state index contributed by atoms with van der Waals surface area (Å²) in [5.74, 6) is 1.10. The number of carbonyl (C=O) groups excluding carboxylic acids is 1. The molecule has 3 aromatic heterocycles. The number of ether oxygens (including phenoxy) is 1. The Morgan fingerprint density at radius 1 is 1.36 bits per heavy atom. The Balaban J connectivity index is 1.42. The maximum Gasteiger partial charge on any atom is 0.407 e. The van der Waals surface area contributed by atoms with Crippen LogP contribution in [0.3, 0.4) is 0 Å². The summed E-state index contributed by atoms with van der Waals surface area (Å²) in [5.41, 5.74) is 2.52. The molecule has 2 fully saturated rings. The molecule has 5 rings (SSSR count). The van der Waals surface area contributed by atoms with E-state index in [1.165, 1.54) is 0 Å². The molecule has 0 saturated heterocycles. The number of alkyl carbamates (subject to hydrolysis) is 1. The summed E-state index contributed by atoms with van der Waals surface area (Å²) in [5, 5.41) is 11.6. The quantitative estimate of drug-likeness (QED) is 0.471. The van der Waals surface area contributed by atoms with Gasteiger partial charge in [-0.05, 0) is 31.7 Å². The molecule has 0 spiro atoms. The van der Waals surface area contributed by atoms with Gasteiger partial charge in [0.2, 0.25) is 0 Å². The van der Waals surface area contributed by atoms with Crippen LogP contribution >= 0.6 is 22.6 Å². The van der Waals surface area contributed by atoms with Crippen molar-refractivity contribution in [1.29, 1.82) is 0 Å². The van der Waals surface area contributed by atoms with Gasteiger partial charge in [0.05, 0.1) is 11.7 Å². The number of hydrogen-bond donors (Lipinski definition) is 2. The Labute approximate surface area is 156 Å². The molecule has 0 aromatic carbocycles. The molecule has 0 unspecified atom stereocenters. The summed E-state index contributed by atoms with van der Waals surface area (Å²) in [4.78, 5) is 19.4. The third-order valence-electron chi connectivity index (χ3n) is 4.91. The van der Waals surface area contributed by atoms with E-state index in [9.17, 15) is 4.79 Å². The fourth-order valence-corrected chi connectivity index (χ4v) is 4.71. The van der Waals surface area contributed by atoms with Crippen LogP contribution in [0.1, 0.15) is 37.4 Å². The second-order valence-corrected chi connectivity index (χ2v) is 8.36. The van der Waals surface area contributed by atoms with Crippen molar-refractivity contribution in [2.75, 3.05) is 0 Å². The number of aromatic nitrogens is 5. The van der Waals surface area contributed by atoms with E-state index in [1.807, 2.05) is 12.3 Å². The molecule has 2 N–H and O–H groups in total. The standard InChI is InChI=1S/C16H17IN6O2/c17-11-6-9(25-16(24)20-8-1-2-8)5-10(11)15-22-21-13-7-19-14-12(23(13)15)3-4-18-14/h3-4,7-11,18H,1-2,5-6H2,(H,20,24)/t9-,10-,11+/m0/s1. The van der Waals surface area contributed by atoms with Crippen LogP contribution in [-0.4, -0.2) is 46.7 Å². The van der Waals surface area contributed by atoms with E-state index in [0.717, 1.165) is 48.3 Å². The van der Waals surface area contributed by atoms with Gasteiger partial charge in [0.1, 0.15) is 11.9 Å². The highest BCUT2D eigenvalue weighted by molar-refractivity contribution is 14.1. The van der Waals surface area contributed by atoms with Crippen molar-refractivity contribution < 1.29 is 9.53 Å². The largest absolute Gasteiger partial charge is 0.446 e. The molecule has 0 bridgehead atoms. The SMILES string of the molecule is O=C(NC1CC1)O[C@@H]1C[C@@H](I)[C@@H](c2nnc3cnc4[nH]ccc4n23)C1. The Bertz CT molecular complexity index is 949. The van der Waals surface area contributed by atoms with E-state index in [4.69, 9.17) is 4.74 Å². The average Bonchev–Trinajstić information content (AvgIpc) is 2.99. The van der Waals surface area contributed by atoms with Gasteiger partial charge in [0.15, 0.2) is 11.3 Å². The third-order valence-corrected chi connectivity index (χ3v) is 6.29. The monoisotopic (exact) mass is 452 g/mol. The number of halogens is 1. The van der Waals surface area contributed by atoms with Crippen LogP contribution < -0.4 is 5.32 Å². The number of amides is 1. The average molecular weight is 452 g/mol. The lowest BCUT2D eigenvalue weighted by atomic mass is 10.1. The molecular weight excluding hydrogens is 435 g/mol. The first-order chi connectivity index (χ1) is 12.2. The Kier molecular flexibility index (Phi) is 3.57. The predicted octanol–water partition coefficient (Wildman–Crippen LogP) is 2.54. The molecule has 3 atom stereocenters. The summed E-state index contributed by atoms with van der Waals surface area (Å²) < 4.78 is 8.01. The number of fused-ring (bicyclic) bond motifs is 3. The van der Waals surface area contributed by atoms with Gasteiger partial charge in [-0.25, -0.2) is 9.78 Å². The van der Waals surface area contributed by atoms with Crippen molar-refractivity contribution in [3.8, 4) is 0 Å². The van der Waals surface area contributed by atoms with E-state index in [-0.39, 0.29) is 18.1 Å². The summed E-state index contributed by atoms with van der Waals surface area (Å²) in [6, 6.07) is 2.30. The number of alkyl halides is 1.